The molecule has 1 aromatic heterocycles. The van der Waals surface area contributed by atoms with Gasteiger partial charge in [-0.15, -0.1) is 0 Å². The van der Waals surface area contributed by atoms with Crippen molar-refractivity contribution < 1.29 is 19.0 Å². The third-order valence-corrected chi connectivity index (χ3v) is 3.78. The first-order valence-electron chi connectivity index (χ1n) is 7.10. The molecule has 2 aromatic rings. The van der Waals surface area contributed by atoms with E-state index >= 15 is 0 Å². The maximum absolute atomic E-state index is 12.2. The van der Waals surface area contributed by atoms with Gasteiger partial charge in [-0.3, -0.25) is 4.79 Å². The lowest BCUT2D eigenvalue weighted by Gasteiger charge is -2.24. The Labute approximate surface area is 128 Å². The fourth-order valence-electron chi connectivity index (χ4n) is 2.42. The predicted octanol–water partition coefficient (Wildman–Crippen LogP) is 1.72. The van der Waals surface area contributed by atoms with Gasteiger partial charge in [0, 0.05) is 25.5 Å². The lowest BCUT2D eigenvalue weighted by atomic mass is 9.97. The topological polar surface area (TPSA) is 62.6 Å². The number of methoxy groups -OCH3 is 1. The number of hydrogen-bond acceptors (Lipinski definition) is 5. The second-order valence-electron chi connectivity index (χ2n) is 5.25. The van der Waals surface area contributed by atoms with E-state index < -0.39 is 0 Å². The van der Waals surface area contributed by atoms with E-state index in [4.69, 9.17) is 14.2 Å². The minimum absolute atomic E-state index is 0.175. The van der Waals surface area contributed by atoms with Gasteiger partial charge in [-0.1, -0.05) is 6.07 Å². The summed E-state index contributed by atoms with van der Waals surface area (Å²) in [5, 5.41) is 0. The zero-order valence-corrected chi connectivity index (χ0v) is 12.6. The van der Waals surface area contributed by atoms with Crippen LogP contribution in [0, 0.1) is 5.92 Å². The highest BCUT2D eigenvalue weighted by atomic mass is 16.5. The number of aromatic nitrogens is 2. The number of carbonyl (C=O) groups excluding carboxylic acids is 1. The molecule has 0 aliphatic carbocycles. The van der Waals surface area contributed by atoms with E-state index in [1.54, 1.807) is 13.3 Å². The van der Waals surface area contributed by atoms with Crippen molar-refractivity contribution in [1.29, 1.82) is 0 Å². The summed E-state index contributed by atoms with van der Waals surface area (Å²) in [5.74, 6) is 1.68. The first-order chi connectivity index (χ1) is 10.7. The molecule has 3 rings (SSSR count). The van der Waals surface area contributed by atoms with E-state index in [9.17, 15) is 4.79 Å². The second-order valence-corrected chi connectivity index (χ2v) is 5.25. The van der Waals surface area contributed by atoms with Crippen molar-refractivity contribution in [2.24, 2.45) is 13.0 Å². The summed E-state index contributed by atoms with van der Waals surface area (Å²) in [6.07, 6.45) is 4.10. The summed E-state index contributed by atoms with van der Waals surface area (Å²) in [7, 11) is 3.48. The van der Waals surface area contributed by atoms with Gasteiger partial charge in [0.25, 0.3) is 0 Å². The molecule has 2 heterocycles. The Hall–Kier alpha value is -2.50. The van der Waals surface area contributed by atoms with Crippen LogP contribution < -0.4 is 9.47 Å². The average Bonchev–Trinajstić information content (AvgIpc) is 2.96. The summed E-state index contributed by atoms with van der Waals surface area (Å²) in [4.78, 5) is 16.3. The van der Waals surface area contributed by atoms with Crippen molar-refractivity contribution in [3.05, 3.63) is 42.0 Å². The number of nitrogens with zero attached hydrogens (tertiary/aromatic N) is 2. The lowest BCUT2D eigenvalue weighted by Crippen LogP contribution is -2.29. The Kier molecular flexibility index (Phi) is 4.00. The van der Waals surface area contributed by atoms with Gasteiger partial charge in [0.2, 0.25) is 0 Å². The van der Waals surface area contributed by atoms with Crippen molar-refractivity contribution in [3.63, 3.8) is 0 Å². The summed E-state index contributed by atoms with van der Waals surface area (Å²) in [6, 6.07) is 5.63. The smallest absolute Gasteiger partial charge is 0.313 e. The summed E-state index contributed by atoms with van der Waals surface area (Å²) < 4.78 is 18.0. The van der Waals surface area contributed by atoms with Gasteiger partial charge >= 0.3 is 5.97 Å². The second kappa shape index (κ2) is 6.09. The van der Waals surface area contributed by atoms with Crippen LogP contribution in [0.1, 0.15) is 11.4 Å². The molecule has 1 unspecified atom stereocenters. The molecular weight excluding hydrogens is 284 g/mol. The zero-order valence-electron chi connectivity index (χ0n) is 12.6. The Morgan fingerprint density at radius 2 is 2.36 bits per heavy atom. The molecule has 22 heavy (non-hydrogen) atoms. The Bertz CT molecular complexity index is 681. The van der Waals surface area contributed by atoms with Gasteiger partial charge < -0.3 is 18.8 Å². The van der Waals surface area contributed by atoms with Crippen LogP contribution >= 0.6 is 0 Å². The van der Waals surface area contributed by atoms with Crippen molar-refractivity contribution in [2.75, 3.05) is 13.7 Å². The molecule has 1 atom stereocenters. The number of benzene rings is 1. The molecule has 0 bridgehead atoms. The van der Waals surface area contributed by atoms with E-state index in [1.165, 1.54) is 0 Å². The quantitative estimate of drug-likeness (QED) is 0.805. The number of hydrogen-bond donors (Lipinski definition) is 0. The molecule has 0 amide bonds. The number of fused-ring (bicyclic) bond motifs is 1. The summed E-state index contributed by atoms with van der Waals surface area (Å²) in [6.45, 7) is 0.494. The Balaban J connectivity index is 1.61. The lowest BCUT2D eigenvalue weighted by molar-refractivity contribution is -0.151. The van der Waals surface area contributed by atoms with Crippen LogP contribution in [0.2, 0.25) is 0 Å². The molecule has 0 spiro atoms. The molecule has 1 aromatic carbocycles. The van der Waals surface area contributed by atoms with Gasteiger partial charge in [0.1, 0.15) is 30.5 Å². The van der Waals surface area contributed by atoms with Gasteiger partial charge in [-0.2, -0.15) is 0 Å². The summed E-state index contributed by atoms with van der Waals surface area (Å²) in [5.41, 5.74) is 0.992. The van der Waals surface area contributed by atoms with Gasteiger partial charge in [0.05, 0.1) is 13.0 Å². The highest BCUT2D eigenvalue weighted by molar-refractivity contribution is 5.73. The van der Waals surface area contributed by atoms with Crippen molar-refractivity contribution in [2.45, 2.75) is 13.0 Å². The maximum atomic E-state index is 12.2. The zero-order chi connectivity index (χ0) is 15.5. The van der Waals surface area contributed by atoms with E-state index in [0.717, 1.165) is 22.9 Å². The van der Waals surface area contributed by atoms with Gasteiger partial charge in [-0.05, 0) is 18.1 Å². The van der Waals surface area contributed by atoms with E-state index in [0.29, 0.717) is 13.0 Å². The minimum atomic E-state index is -0.291. The third-order valence-electron chi connectivity index (χ3n) is 3.78. The van der Waals surface area contributed by atoms with Gasteiger partial charge in [-0.25, -0.2) is 4.98 Å². The average molecular weight is 302 g/mol. The fourth-order valence-corrected chi connectivity index (χ4v) is 2.42. The SMILES string of the molecule is COc1ccc2c(c1)OCC(C(=O)OCc1nccn1C)C2. The molecule has 1 aliphatic rings. The van der Waals surface area contributed by atoms with Crippen molar-refractivity contribution in [3.8, 4) is 11.5 Å². The number of imidazole rings is 1. The Morgan fingerprint density at radius 1 is 1.50 bits per heavy atom. The molecule has 0 N–H and O–H groups in total. The molecule has 0 saturated heterocycles. The number of aryl methyl sites for hydroxylation is 1. The predicted molar refractivity (Wildman–Crippen MR) is 78.7 cm³/mol. The molecule has 1 aliphatic heterocycles. The minimum Gasteiger partial charge on any atom is -0.497 e. The van der Waals surface area contributed by atoms with Crippen LogP contribution in [-0.4, -0.2) is 29.2 Å². The number of esters is 1. The van der Waals surface area contributed by atoms with Gasteiger partial charge in [0.15, 0.2) is 0 Å². The highest BCUT2D eigenvalue weighted by Gasteiger charge is 2.27. The molecular formula is C16H18N2O4. The normalized spacial score (nSPS) is 16.5. The largest absolute Gasteiger partial charge is 0.497 e. The number of rotatable bonds is 4. The molecule has 6 nitrogen and oxygen atoms in total. The molecule has 6 heteroatoms. The summed E-state index contributed by atoms with van der Waals surface area (Å²) >= 11 is 0. The van der Waals surface area contributed by atoms with Crippen LogP contribution in [-0.2, 0) is 29.6 Å². The number of carbonyl (C=O) groups is 1. The van der Waals surface area contributed by atoms with Crippen LogP contribution in [0.4, 0.5) is 0 Å². The third kappa shape index (κ3) is 2.90. The van der Waals surface area contributed by atoms with Crippen molar-refractivity contribution >= 4 is 5.97 Å². The van der Waals surface area contributed by atoms with E-state index in [-0.39, 0.29) is 18.5 Å². The molecule has 116 valence electrons. The molecule has 0 radical (unpaired) electrons. The standard InChI is InChI=1S/C16H18N2O4/c1-18-6-5-17-15(18)10-22-16(19)12-7-11-3-4-13(20-2)8-14(11)21-9-12/h3-6,8,12H,7,9-10H2,1-2H3. The first-order valence-corrected chi connectivity index (χ1v) is 7.10. The van der Waals surface area contributed by atoms with E-state index in [2.05, 4.69) is 4.98 Å². The van der Waals surface area contributed by atoms with E-state index in [1.807, 2.05) is 36.0 Å². The number of ether oxygens (including phenoxy) is 3. The Morgan fingerprint density at radius 3 is 3.09 bits per heavy atom. The molecule has 0 fully saturated rings. The van der Waals surface area contributed by atoms with Crippen LogP contribution in [0.5, 0.6) is 11.5 Å². The first kappa shape index (κ1) is 14.4. The van der Waals surface area contributed by atoms with Crippen LogP contribution in [0.15, 0.2) is 30.6 Å². The fraction of sp³-hybridized carbons (Fsp3) is 0.375. The maximum Gasteiger partial charge on any atom is 0.313 e. The monoisotopic (exact) mass is 302 g/mol. The highest BCUT2D eigenvalue weighted by Crippen LogP contribution is 2.31. The molecule has 0 saturated carbocycles. The van der Waals surface area contributed by atoms with Crippen LogP contribution in [0.25, 0.3) is 0 Å². The van der Waals surface area contributed by atoms with Crippen molar-refractivity contribution in [1.82, 2.24) is 9.55 Å². The van der Waals surface area contributed by atoms with Crippen LogP contribution in [0.3, 0.4) is 0 Å².